The van der Waals surface area contributed by atoms with E-state index in [0.29, 0.717) is 18.5 Å². The van der Waals surface area contributed by atoms with Crippen molar-refractivity contribution in [1.82, 2.24) is 14.5 Å². The molecule has 23 heavy (non-hydrogen) atoms. The molecule has 0 saturated carbocycles. The molecule has 1 saturated heterocycles. The maximum absolute atomic E-state index is 12.6. The summed E-state index contributed by atoms with van der Waals surface area (Å²) in [6.07, 6.45) is 4.13. The van der Waals surface area contributed by atoms with E-state index in [2.05, 4.69) is 9.97 Å². The highest BCUT2D eigenvalue weighted by Gasteiger charge is 2.20. The smallest absolute Gasteiger partial charge is 0.345 e. The topological polar surface area (TPSA) is 72.2 Å². The third-order valence-electron chi connectivity index (χ3n) is 4.54. The average molecular weight is 311 g/mol. The fourth-order valence-corrected chi connectivity index (χ4v) is 3.34. The molecule has 0 spiro atoms. The molecule has 2 N–H and O–H groups in total. The number of aryl methyl sites for hydroxylation is 1. The van der Waals surface area contributed by atoms with Gasteiger partial charge in [0, 0.05) is 31.3 Å². The molecule has 6 heteroatoms. The summed E-state index contributed by atoms with van der Waals surface area (Å²) in [4.78, 5) is 32.5. The van der Waals surface area contributed by atoms with Crippen LogP contribution in [0.3, 0.4) is 0 Å². The zero-order valence-electron chi connectivity index (χ0n) is 12.8. The molecule has 0 bridgehead atoms. The van der Waals surface area contributed by atoms with E-state index in [1.54, 1.807) is 10.9 Å². The highest BCUT2D eigenvalue weighted by atomic mass is 16.2. The number of H-pyrrole nitrogens is 2. The van der Waals surface area contributed by atoms with Crippen LogP contribution < -0.4 is 10.5 Å². The number of para-hydroxylation sites is 1. The predicted molar refractivity (Wildman–Crippen MR) is 87.1 cm³/mol. The van der Waals surface area contributed by atoms with Crippen LogP contribution >= 0.6 is 0 Å². The molecule has 0 aliphatic carbocycles. The maximum atomic E-state index is 12.6. The van der Waals surface area contributed by atoms with Crippen LogP contribution in [0.2, 0.25) is 0 Å². The normalized spacial score (nSPS) is 15.1. The zero-order chi connectivity index (χ0) is 15.8. The van der Waals surface area contributed by atoms with E-state index in [0.717, 1.165) is 42.4 Å². The Labute approximate surface area is 132 Å². The second-order valence-corrected chi connectivity index (χ2v) is 6.03. The van der Waals surface area contributed by atoms with Crippen molar-refractivity contribution in [3.63, 3.8) is 0 Å². The van der Waals surface area contributed by atoms with Crippen LogP contribution in [0.5, 0.6) is 0 Å². The lowest BCUT2D eigenvalue weighted by Crippen LogP contribution is -2.30. The number of hydrogen-bond donors (Lipinski definition) is 1. The second-order valence-electron chi connectivity index (χ2n) is 6.03. The molecule has 6 nitrogen and oxygen atoms in total. The molecule has 118 valence electrons. The summed E-state index contributed by atoms with van der Waals surface area (Å²) in [5.41, 5.74) is 2.38. The van der Waals surface area contributed by atoms with Crippen molar-refractivity contribution in [2.24, 2.45) is 0 Å². The van der Waals surface area contributed by atoms with Gasteiger partial charge in [-0.05, 0) is 18.6 Å². The molecule has 1 fully saturated rings. The van der Waals surface area contributed by atoms with Crippen LogP contribution in [-0.4, -0.2) is 33.4 Å². The van der Waals surface area contributed by atoms with Gasteiger partial charge in [-0.1, -0.05) is 12.1 Å². The molecule has 0 atom stereocenters. The van der Waals surface area contributed by atoms with Crippen molar-refractivity contribution in [3.05, 3.63) is 40.9 Å². The van der Waals surface area contributed by atoms with Crippen LogP contribution in [0.25, 0.3) is 21.9 Å². The molecule has 1 aliphatic heterocycles. The average Bonchev–Trinajstić information content (AvgIpc) is 3.14. The Hall–Kier alpha value is -2.63. The van der Waals surface area contributed by atoms with Gasteiger partial charge in [-0.25, -0.2) is 9.78 Å². The summed E-state index contributed by atoms with van der Waals surface area (Å²) in [6, 6.07) is 7.87. The minimum Gasteiger partial charge on any atom is -0.345 e. The van der Waals surface area contributed by atoms with Crippen molar-refractivity contribution in [3.8, 4) is 0 Å². The summed E-state index contributed by atoms with van der Waals surface area (Å²) in [7, 11) is 0. The molecule has 0 radical (unpaired) electrons. The Kier molecular flexibility index (Phi) is 3.37. The summed E-state index contributed by atoms with van der Waals surface area (Å²) in [5, 5.41) is 1.02. The largest absolute Gasteiger partial charge is 0.361 e. The monoisotopic (exact) mass is 311 g/mol. The fraction of sp³-hybridized carbons (Fsp3) is 0.353. The van der Waals surface area contributed by atoms with E-state index in [1.807, 2.05) is 29.2 Å². The lowest BCUT2D eigenvalue weighted by Gasteiger charge is -2.14. The first kappa shape index (κ1) is 14.0. The highest BCUT2D eigenvalue weighted by molar-refractivity contribution is 6.02. The third-order valence-corrected chi connectivity index (χ3v) is 4.54. The molecular formula is C17H19N4O2+. The molecular weight excluding hydrogens is 292 g/mol. The summed E-state index contributed by atoms with van der Waals surface area (Å²) in [5.74, 6) is 0.231. The van der Waals surface area contributed by atoms with Crippen molar-refractivity contribution in [1.29, 1.82) is 0 Å². The molecule has 0 unspecified atom stereocenters. The molecule has 2 aromatic heterocycles. The van der Waals surface area contributed by atoms with E-state index in [-0.39, 0.29) is 11.5 Å². The van der Waals surface area contributed by atoms with Crippen LogP contribution in [0.15, 0.2) is 35.4 Å². The number of amides is 1. The summed E-state index contributed by atoms with van der Waals surface area (Å²) in [6.45, 7) is 2.17. The number of hydrogen-bond acceptors (Lipinski definition) is 2. The number of benzene rings is 1. The zero-order valence-corrected chi connectivity index (χ0v) is 12.8. The van der Waals surface area contributed by atoms with Crippen LogP contribution in [0.1, 0.15) is 19.3 Å². The van der Waals surface area contributed by atoms with Gasteiger partial charge in [0.05, 0.1) is 12.1 Å². The van der Waals surface area contributed by atoms with Crippen LogP contribution in [0.4, 0.5) is 0 Å². The molecule has 3 heterocycles. The highest BCUT2D eigenvalue weighted by Crippen LogP contribution is 2.18. The molecule has 3 aromatic rings. The Morgan fingerprint density at radius 3 is 2.87 bits per heavy atom. The van der Waals surface area contributed by atoms with Gasteiger partial charge in [0.25, 0.3) is 0 Å². The van der Waals surface area contributed by atoms with Gasteiger partial charge in [-0.2, -0.15) is 4.57 Å². The number of likely N-dealkylation sites (tertiary alicyclic amines) is 1. The van der Waals surface area contributed by atoms with Gasteiger partial charge >= 0.3 is 5.56 Å². The summed E-state index contributed by atoms with van der Waals surface area (Å²) >= 11 is 0. The van der Waals surface area contributed by atoms with Crippen molar-refractivity contribution in [2.45, 2.75) is 25.8 Å². The van der Waals surface area contributed by atoms with Crippen LogP contribution in [0, 0.1) is 0 Å². The van der Waals surface area contributed by atoms with Gasteiger partial charge in [-0.3, -0.25) is 4.79 Å². The first-order chi connectivity index (χ1) is 11.2. The lowest BCUT2D eigenvalue weighted by atomic mass is 10.2. The number of carbonyl (C=O) groups excluding carboxylic acids is 1. The van der Waals surface area contributed by atoms with E-state index >= 15 is 0 Å². The van der Waals surface area contributed by atoms with E-state index in [9.17, 15) is 9.59 Å². The number of nitrogens with one attached hydrogen (secondary N) is 2. The summed E-state index contributed by atoms with van der Waals surface area (Å²) < 4.78 is 1.68. The first-order valence-electron chi connectivity index (χ1n) is 8.03. The minimum atomic E-state index is -0.0253. The Morgan fingerprint density at radius 2 is 2.04 bits per heavy atom. The molecule has 1 aliphatic rings. The van der Waals surface area contributed by atoms with Gasteiger partial charge in [0.15, 0.2) is 11.0 Å². The van der Waals surface area contributed by atoms with Crippen molar-refractivity contribution < 1.29 is 9.78 Å². The quantitative estimate of drug-likeness (QED) is 0.789. The van der Waals surface area contributed by atoms with Crippen molar-refractivity contribution in [2.75, 3.05) is 13.1 Å². The van der Waals surface area contributed by atoms with Gasteiger partial charge in [-0.15, -0.1) is 0 Å². The first-order valence-corrected chi connectivity index (χ1v) is 8.03. The number of carbonyl (C=O) groups is 1. The number of aromatic amines is 2. The van der Waals surface area contributed by atoms with E-state index in [1.165, 1.54) is 0 Å². The predicted octanol–water partition coefficient (Wildman–Crippen LogP) is 1.31. The van der Waals surface area contributed by atoms with E-state index in [4.69, 9.17) is 0 Å². The molecule has 1 aromatic carbocycles. The van der Waals surface area contributed by atoms with Gasteiger partial charge < -0.3 is 9.88 Å². The maximum Gasteiger partial charge on any atom is 0.361 e. The fourth-order valence-electron chi connectivity index (χ4n) is 3.34. The Bertz CT molecular complexity index is 941. The lowest BCUT2D eigenvalue weighted by molar-refractivity contribution is -0.352. The molecule has 1 amide bonds. The number of nitrogens with zero attached hydrogens (tertiary/aromatic N) is 2. The SMILES string of the molecule is O=C1CCCN1CCCn1c[nH+]c2c([nH]c3ccccc32)c1=O. The standard InChI is InChI=1S/C17H18N4O2/c22-14-7-3-8-20(14)9-4-10-21-11-18-15-12-5-1-2-6-13(12)19-16(15)17(21)23/h1-2,5-6,11,19H,3-4,7-10H2/p+1. The number of fused-ring (bicyclic) bond motifs is 3. The van der Waals surface area contributed by atoms with Crippen molar-refractivity contribution >= 4 is 27.8 Å². The van der Waals surface area contributed by atoms with Gasteiger partial charge in [0.2, 0.25) is 12.2 Å². The Morgan fingerprint density at radius 1 is 1.17 bits per heavy atom. The number of aromatic nitrogens is 3. The minimum absolute atomic E-state index is 0.0253. The Balaban J connectivity index is 1.58. The van der Waals surface area contributed by atoms with Gasteiger partial charge in [0.1, 0.15) is 0 Å². The number of rotatable bonds is 4. The van der Waals surface area contributed by atoms with Crippen LogP contribution in [-0.2, 0) is 11.3 Å². The van der Waals surface area contributed by atoms with E-state index < -0.39 is 0 Å². The third kappa shape index (κ3) is 2.40. The second kappa shape index (κ2) is 5.53. The molecule has 4 rings (SSSR count).